The largest absolute Gasteiger partial charge is 0.241 e. The van der Waals surface area contributed by atoms with Gasteiger partial charge in [0.1, 0.15) is 0 Å². The van der Waals surface area contributed by atoms with Gasteiger partial charge in [-0.1, -0.05) is 165 Å². The summed E-state index contributed by atoms with van der Waals surface area (Å²) in [6.07, 6.45) is 3.58. The SMILES string of the molecule is C=C[C@@H](c1ccccc1)[C@@H](NS(=O)(=O)c1ccc(Br)cc1)c1ccccc1.C=C[C@H](c1ccccc1)[C@H](NS(=O)(=O)c1ccc(Br)cc1)c1ccccc1. The monoisotopic (exact) mass is 882 g/mol. The zero-order chi connectivity index (χ0) is 38.6. The number of sulfonamides is 2. The fourth-order valence-electron chi connectivity index (χ4n) is 6.00. The van der Waals surface area contributed by atoms with Gasteiger partial charge in [0.25, 0.3) is 0 Å². The molecule has 0 aliphatic carbocycles. The number of rotatable bonds is 14. The molecule has 0 bridgehead atoms. The summed E-state index contributed by atoms with van der Waals surface area (Å²) in [5.41, 5.74) is 3.76. The van der Waals surface area contributed by atoms with Gasteiger partial charge >= 0.3 is 0 Å². The molecule has 0 fully saturated rings. The van der Waals surface area contributed by atoms with Crippen molar-refractivity contribution in [1.82, 2.24) is 9.44 Å². The first kappa shape index (κ1) is 40.8. The van der Waals surface area contributed by atoms with Crippen molar-refractivity contribution in [3.05, 3.63) is 226 Å². The molecule has 276 valence electrons. The minimum atomic E-state index is -3.71. The van der Waals surface area contributed by atoms with Gasteiger partial charge in [0.15, 0.2) is 0 Å². The van der Waals surface area contributed by atoms with E-state index in [9.17, 15) is 16.8 Å². The van der Waals surface area contributed by atoms with Crippen LogP contribution in [-0.4, -0.2) is 16.8 Å². The van der Waals surface area contributed by atoms with E-state index in [0.29, 0.717) is 0 Å². The molecule has 2 N–H and O–H groups in total. The third-order valence-electron chi connectivity index (χ3n) is 8.72. The highest BCUT2D eigenvalue weighted by Gasteiger charge is 2.29. The van der Waals surface area contributed by atoms with Gasteiger partial charge < -0.3 is 0 Å². The molecule has 0 aromatic heterocycles. The molecule has 0 spiro atoms. The van der Waals surface area contributed by atoms with Crippen LogP contribution >= 0.6 is 31.9 Å². The summed E-state index contributed by atoms with van der Waals surface area (Å²) < 4.78 is 59.5. The number of hydrogen-bond donors (Lipinski definition) is 2. The van der Waals surface area contributed by atoms with Gasteiger partial charge in [-0.15, -0.1) is 13.2 Å². The summed E-state index contributed by atoms with van der Waals surface area (Å²) in [6, 6.07) is 51.0. The van der Waals surface area contributed by atoms with Crippen LogP contribution in [0.25, 0.3) is 0 Å². The predicted octanol–water partition coefficient (Wildman–Crippen LogP) is 10.9. The summed E-state index contributed by atoms with van der Waals surface area (Å²) in [5, 5.41) is 0. The van der Waals surface area contributed by atoms with Gasteiger partial charge in [0.05, 0.1) is 21.9 Å². The minimum absolute atomic E-state index is 0.209. The highest BCUT2D eigenvalue weighted by atomic mass is 79.9. The lowest BCUT2D eigenvalue weighted by Crippen LogP contribution is -2.32. The lowest BCUT2D eigenvalue weighted by atomic mass is 9.88. The van der Waals surface area contributed by atoms with Crippen molar-refractivity contribution in [3.8, 4) is 0 Å². The average molecular weight is 885 g/mol. The second kappa shape index (κ2) is 19.3. The van der Waals surface area contributed by atoms with Crippen LogP contribution in [0, 0.1) is 0 Å². The fraction of sp³-hybridized carbons (Fsp3) is 0.0909. The van der Waals surface area contributed by atoms with Crippen LogP contribution in [0.1, 0.15) is 46.2 Å². The molecule has 6 aromatic rings. The Labute approximate surface area is 336 Å². The lowest BCUT2D eigenvalue weighted by molar-refractivity contribution is 0.535. The van der Waals surface area contributed by atoms with Gasteiger partial charge in [-0.2, -0.15) is 0 Å². The van der Waals surface area contributed by atoms with Gasteiger partial charge in [-0.05, 0) is 70.8 Å². The van der Waals surface area contributed by atoms with Crippen molar-refractivity contribution in [2.24, 2.45) is 0 Å². The maximum atomic E-state index is 13.0. The summed E-state index contributed by atoms with van der Waals surface area (Å²) in [7, 11) is -7.41. The van der Waals surface area contributed by atoms with Crippen LogP contribution in [0.15, 0.2) is 214 Å². The Morgan fingerprint density at radius 2 is 0.667 bits per heavy atom. The Bertz CT molecular complexity index is 2140. The number of hydrogen-bond acceptors (Lipinski definition) is 4. The topological polar surface area (TPSA) is 92.3 Å². The first-order valence-electron chi connectivity index (χ1n) is 17.0. The molecular weight excluding hydrogens is 844 g/mol. The summed E-state index contributed by atoms with van der Waals surface area (Å²) in [5.74, 6) is -0.419. The zero-order valence-corrected chi connectivity index (χ0v) is 34.1. The lowest BCUT2D eigenvalue weighted by Gasteiger charge is -2.26. The van der Waals surface area contributed by atoms with E-state index >= 15 is 0 Å². The Morgan fingerprint density at radius 3 is 0.926 bits per heavy atom. The fourth-order valence-corrected chi connectivity index (χ4v) is 9.02. The van der Waals surface area contributed by atoms with E-state index in [1.54, 1.807) is 60.7 Å². The van der Waals surface area contributed by atoms with Crippen LogP contribution in [0.4, 0.5) is 0 Å². The first-order chi connectivity index (χ1) is 26.0. The van der Waals surface area contributed by atoms with Crippen LogP contribution in [-0.2, 0) is 20.0 Å². The normalized spacial score (nSPS) is 13.7. The van der Waals surface area contributed by atoms with Crippen molar-refractivity contribution < 1.29 is 16.8 Å². The molecule has 6 nitrogen and oxygen atoms in total. The van der Waals surface area contributed by atoms with Crippen molar-refractivity contribution in [2.45, 2.75) is 33.7 Å². The Morgan fingerprint density at radius 1 is 0.407 bits per heavy atom. The smallest absolute Gasteiger partial charge is 0.207 e. The Kier molecular flexibility index (Phi) is 14.5. The second-order valence-corrected chi connectivity index (χ2v) is 17.5. The van der Waals surface area contributed by atoms with E-state index in [4.69, 9.17) is 0 Å². The third kappa shape index (κ3) is 10.8. The molecule has 0 saturated carbocycles. The van der Waals surface area contributed by atoms with Crippen molar-refractivity contribution in [2.75, 3.05) is 0 Å². The second-order valence-electron chi connectivity index (χ2n) is 12.3. The molecule has 0 heterocycles. The average Bonchev–Trinajstić information content (AvgIpc) is 3.20. The molecule has 54 heavy (non-hydrogen) atoms. The maximum Gasteiger partial charge on any atom is 0.241 e. The van der Waals surface area contributed by atoms with E-state index < -0.39 is 32.1 Å². The molecule has 4 atom stereocenters. The maximum absolute atomic E-state index is 13.0. The van der Waals surface area contributed by atoms with E-state index in [0.717, 1.165) is 31.2 Å². The quantitative estimate of drug-likeness (QED) is 0.107. The molecule has 0 saturated heterocycles. The van der Waals surface area contributed by atoms with E-state index in [1.807, 2.05) is 121 Å². The third-order valence-corrected chi connectivity index (χ3v) is 12.7. The van der Waals surface area contributed by atoms with Crippen molar-refractivity contribution >= 4 is 51.9 Å². The van der Waals surface area contributed by atoms with Crippen LogP contribution < -0.4 is 9.44 Å². The van der Waals surface area contributed by atoms with Crippen LogP contribution in [0.5, 0.6) is 0 Å². The first-order valence-corrected chi connectivity index (χ1v) is 21.6. The van der Waals surface area contributed by atoms with E-state index in [1.165, 1.54) is 0 Å². The minimum Gasteiger partial charge on any atom is -0.207 e. The molecule has 0 unspecified atom stereocenters. The Balaban J connectivity index is 0.000000208. The summed E-state index contributed by atoms with van der Waals surface area (Å²) >= 11 is 6.67. The molecular formula is C44H40Br2N2O4S2. The molecule has 0 amide bonds. The van der Waals surface area contributed by atoms with Gasteiger partial charge in [0, 0.05) is 20.8 Å². The summed E-state index contributed by atoms with van der Waals surface area (Å²) in [4.78, 5) is 0.449. The van der Waals surface area contributed by atoms with Crippen LogP contribution in [0.3, 0.4) is 0 Å². The Hall–Kier alpha value is -4.42. The van der Waals surface area contributed by atoms with E-state index in [2.05, 4.69) is 54.5 Å². The number of halogens is 2. The standard InChI is InChI=1S/2C22H20BrNO2S/c2*1-2-21(17-9-5-3-6-10-17)22(18-11-7-4-8-12-18)24-27(25,26)20-15-13-19(23)14-16-20/h2*2-16,21-22,24H,1H2/t2*21-,22-/m10/s1. The molecule has 0 radical (unpaired) electrons. The molecule has 10 heteroatoms. The van der Waals surface area contributed by atoms with Crippen molar-refractivity contribution in [3.63, 3.8) is 0 Å². The van der Waals surface area contributed by atoms with E-state index in [-0.39, 0.29) is 21.6 Å². The number of nitrogens with one attached hydrogen (secondary N) is 2. The van der Waals surface area contributed by atoms with Crippen LogP contribution in [0.2, 0.25) is 0 Å². The van der Waals surface area contributed by atoms with Gasteiger partial charge in [0.2, 0.25) is 20.0 Å². The number of benzene rings is 6. The zero-order valence-electron chi connectivity index (χ0n) is 29.2. The molecule has 6 aromatic carbocycles. The molecule has 0 aliphatic rings. The molecule has 0 aliphatic heterocycles. The predicted molar refractivity (Wildman–Crippen MR) is 226 cm³/mol. The highest BCUT2D eigenvalue weighted by molar-refractivity contribution is 9.10. The summed E-state index contributed by atoms with van der Waals surface area (Å²) in [6.45, 7) is 7.91. The highest BCUT2D eigenvalue weighted by Crippen LogP contribution is 2.35. The van der Waals surface area contributed by atoms with Gasteiger partial charge in [-0.25, -0.2) is 26.3 Å². The van der Waals surface area contributed by atoms with Gasteiger partial charge in [-0.3, -0.25) is 0 Å². The van der Waals surface area contributed by atoms with Crippen molar-refractivity contribution in [1.29, 1.82) is 0 Å². The molecule has 6 rings (SSSR count).